The number of aromatic amines is 1. The van der Waals surface area contributed by atoms with Crippen molar-refractivity contribution in [2.45, 2.75) is 13.0 Å². The van der Waals surface area contributed by atoms with E-state index in [9.17, 15) is 4.79 Å². The van der Waals surface area contributed by atoms with Crippen LogP contribution in [-0.4, -0.2) is 48.6 Å². The molecule has 1 atom stereocenters. The first-order valence-electron chi connectivity index (χ1n) is 7.64. The molecule has 0 spiro atoms. The highest BCUT2D eigenvalue weighted by Gasteiger charge is 2.26. The molecule has 3 rings (SSSR count). The van der Waals surface area contributed by atoms with Crippen molar-refractivity contribution >= 4 is 17.5 Å². The van der Waals surface area contributed by atoms with E-state index in [0.29, 0.717) is 30.5 Å². The van der Waals surface area contributed by atoms with Gasteiger partial charge >= 0.3 is 0 Å². The van der Waals surface area contributed by atoms with Crippen LogP contribution in [0.2, 0.25) is 5.02 Å². The third kappa shape index (κ3) is 3.96. The summed E-state index contributed by atoms with van der Waals surface area (Å²) in [5, 5.41) is 3.46. The van der Waals surface area contributed by atoms with Crippen molar-refractivity contribution in [3.63, 3.8) is 0 Å². The zero-order valence-corrected chi connectivity index (χ0v) is 13.7. The molecule has 124 valence electrons. The van der Waals surface area contributed by atoms with E-state index >= 15 is 0 Å². The number of furan rings is 1. The fourth-order valence-electron chi connectivity index (χ4n) is 2.71. The number of aryl methyl sites for hydroxylation is 1. The van der Waals surface area contributed by atoms with Crippen LogP contribution in [0.25, 0.3) is 0 Å². The van der Waals surface area contributed by atoms with Gasteiger partial charge in [0.1, 0.15) is 17.2 Å². The third-order valence-corrected chi connectivity index (χ3v) is 4.14. The molecule has 2 aromatic heterocycles. The van der Waals surface area contributed by atoms with Gasteiger partial charge in [0.2, 0.25) is 0 Å². The average molecular weight is 338 g/mol. The summed E-state index contributed by atoms with van der Waals surface area (Å²) in [6.45, 7) is 5.39. The number of H-pyrrole nitrogens is 1. The van der Waals surface area contributed by atoms with E-state index in [1.54, 1.807) is 12.3 Å². The molecule has 3 heterocycles. The zero-order valence-electron chi connectivity index (χ0n) is 13.0. The molecule has 7 heteroatoms. The predicted molar refractivity (Wildman–Crippen MR) is 86.7 cm³/mol. The standard InChI is InChI=1S/C16H20ClN3O3/c1-11-2-3-15(23-11)14(20-4-6-22-7-5-20)10-19-16(21)13-8-12(17)9-18-13/h2-3,8-9,14,18H,4-7,10H2,1H3,(H,19,21). The Bertz CT molecular complexity index is 661. The first kappa shape index (κ1) is 16.1. The average Bonchev–Trinajstić information content (AvgIpc) is 3.17. The van der Waals surface area contributed by atoms with Gasteiger partial charge in [-0.15, -0.1) is 0 Å². The second-order valence-corrected chi connectivity index (χ2v) is 5.99. The van der Waals surface area contributed by atoms with Crippen LogP contribution in [0.1, 0.15) is 28.1 Å². The van der Waals surface area contributed by atoms with Crippen molar-refractivity contribution in [3.8, 4) is 0 Å². The van der Waals surface area contributed by atoms with Gasteiger partial charge in [-0.3, -0.25) is 9.69 Å². The number of nitrogens with one attached hydrogen (secondary N) is 2. The molecule has 1 saturated heterocycles. The zero-order chi connectivity index (χ0) is 16.2. The lowest BCUT2D eigenvalue weighted by Crippen LogP contribution is -2.43. The summed E-state index contributed by atoms with van der Waals surface area (Å²) < 4.78 is 11.2. The molecule has 1 unspecified atom stereocenters. The molecule has 1 aliphatic heterocycles. The number of halogens is 1. The van der Waals surface area contributed by atoms with Crippen molar-refractivity contribution in [2.24, 2.45) is 0 Å². The van der Waals surface area contributed by atoms with Crippen molar-refractivity contribution in [1.29, 1.82) is 0 Å². The quantitative estimate of drug-likeness (QED) is 0.878. The summed E-state index contributed by atoms with van der Waals surface area (Å²) >= 11 is 5.84. The maximum absolute atomic E-state index is 12.2. The Labute approximate surface area is 139 Å². The summed E-state index contributed by atoms with van der Waals surface area (Å²) in [5.41, 5.74) is 0.450. The minimum absolute atomic E-state index is 0.0121. The summed E-state index contributed by atoms with van der Waals surface area (Å²) in [4.78, 5) is 17.3. The second kappa shape index (κ2) is 7.21. The van der Waals surface area contributed by atoms with Crippen molar-refractivity contribution in [1.82, 2.24) is 15.2 Å². The summed E-state index contributed by atoms with van der Waals surface area (Å²) in [6.07, 6.45) is 1.59. The van der Waals surface area contributed by atoms with Crippen LogP contribution in [0.5, 0.6) is 0 Å². The molecule has 1 fully saturated rings. The maximum atomic E-state index is 12.2. The Morgan fingerprint density at radius 1 is 1.43 bits per heavy atom. The Balaban J connectivity index is 1.69. The molecule has 1 aliphatic rings. The molecule has 23 heavy (non-hydrogen) atoms. The highest BCUT2D eigenvalue weighted by Crippen LogP contribution is 2.23. The van der Waals surface area contributed by atoms with Crippen molar-refractivity contribution in [2.75, 3.05) is 32.8 Å². The van der Waals surface area contributed by atoms with Gasteiger partial charge in [0.25, 0.3) is 5.91 Å². The Hall–Kier alpha value is -1.76. The van der Waals surface area contributed by atoms with E-state index in [1.807, 2.05) is 19.1 Å². The summed E-state index contributed by atoms with van der Waals surface area (Å²) in [6, 6.07) is 5.50. The fourth-order valence-corrected chi connectivity index (χ4v) is 2.88. The molecular formula is C16H20ClN3O3. The number of nitrogens with zero attached hydrogens (tertiary/aromatic N) is 1. The number of aromatic nitrogens is 1. The van der Waals surface area contributed by atoms with Gasteiger partial charge in [-0.1, -0.05) is 11.6 Å². The molecule has 0 saturated carbocycles. The van der Waals surface area contributed by atoms with E-state index in [0.717, 1.165) is 24.6 Å². The number of carbonyl (C=O) groups is 1. The number of ether oxygens (including phenoxy) is 1. The number of hydrogen-bond donors (Lipinski definition) is 2. The number of hydrogen-bond acceptors (Lipinski definition) is 4. The van der Waals surface area contributed by atoms with Gasteiger partial charge in [-0.2, -0.15) is 0 Å². The molecule has 2 N–H and O–H groups in total. The number of amides is 1. The first-order chi connectivity index (χ1) is 11.1. The second-order valence-electron chi connectivity index (χ2n) is 5.55. The third-order valence-electron chi connectivity index (χ3n) is 3.92. The van der Waals surface area contributed by atoms with E-state index in [2.05, 4.69) is 15.2 Å². The molecule has 0 aliphatic carbocycles. The normalized spacial score (nSPS) is 17.1. The van der Waals surface area contributed by atoms with Crippen molar-refractivity contribution in [3.05, 3.63) is 46.6 Å². The molecule has 0 aromatic carbocycles. The van der Waals surface area contributed by atoms with E-state index in [4.69, 9.17) is 20.8 Å². The summed E-state index contributed by atoms with van der Waals surface area (Å²) in [7, 11) is 0. The highest BCUT2D eigenvalue weighted by molar-refractivity contribution is 6.30. The number of carbonyl (C=O) groups excluding carboxylic acids is 1. The van der Waals surface area contributed by atoms with Crippen LogP contribution >= 0.6 is 11.6 Å². The Morgan fingerprint density at radius 3 is 2.83 bits per heavy atom. The van der Waals surface area contributed by atoms with E-state index in [-0.39, 0.29) is 11.9 Å². The Kier molecular flexibility index (Phi) is 5.05. The lowest BCUT2D eigenvalue weighted by molar-refractivity contribution is 0.0117. The molecule has 0 radical (unpaired) electrons. The van der Waals surface area contributed by atoms with Gasteiger partial charge in [-0.05, 0) is 25.1 Å². The van der Waals surface area contributed by atoms with E-state index in [1.165, 1.54) is 0 Å². The highest BCUT2D eigenvalue weighted by atomic mass is 35.5. The van der Waals surface area contributed by atoms with Gasteiger partial charge in [0, 0.05) is 25.8 Å². The molecule has 2 aromatic rings. The number of morpholine rings is 1. The summed E-state index contributed by atoms with van der Waals surface area (Å²) in [5.74, 6) is 1.54. The molecule has 0 bridgehead atoms. The SMILES string of the molecule is Cc1ccc(C(CNC(=O)c2cc(Cl)c[nH]2)N2CCOCC2)o1. The maximum Gasteiger partial charge on any atom is 0.267 e. The minimum atomic E-state index is -0.182. The topological polar surface area (TPSA) is 70.5 Å². The monoisotopic (exact) mass is 337 g/mol. The first-order valence-corrected chi connectivity index (χ1v) is 8.01. The molecule has 1 amide bonds. The lowest BCUT2D eigenvalue weighted by Gasteiger charge is -2.33. The van der Waals surface area contributed by atoms with Crippen LogP contribution in [0.3, 0.4) is 0 Å². The number of rotatable bonds is 5. The Morgan fingerprint density at radius 2 is 2.22 bits per heavy atom. The predicted octanol–water partition coefficient (Wildman–Crippen LogP) is 2.37. The van der Waals surface area contributed by atoms with Crippen LogP contribution in [0.4, 0.5) is 0 Å². The van der Waals surface area contributed by atoms with Gasteiger partial charge in [0.15, 0.2) is 0 Å². The van der Waals surface area contributed by atoms with Gasteiger partial charge in [0.05, 0.1) is 24.3 Å². The van der Waals surface area contributed by atoms with E-state index < -0.39 is 0 Å². The van der Waals surface area contributed by atoms with Gasteiger partial charge in [-0.25, -0.2) is 0 Å². The largest absolute Gasteiger partial charge is 0.465 e. The van der Waals surface area contributed by atoms with Crippen LogP contribution < -0.4 is 5.32 Å². The smallest absolute Gasteiger partial charge is 0.267 e. The molecule has 6 nitrogen and oxygen atoms in total. The van der Waals surface area contributed by atoms with Crippen LogP contribution in [-0.2, 0) is 4.74 Å². The molecular weight excluding hydrogens is 318 g/mol. The van der Waals surface area contributed by atoms with Crippen LogP contribution in [0.15, 0.2) is 28.8 Å². The van der Waals surface area contributed by atoms with Crippen molar-refractivity contribution < 1.29 is 13.9 Å². The lowest BCUT2D eigenvalue weighted by atomic mass is 10.1. The van der Waals surface area contributed by atoms with Crippen LogP contribution in [0, 0.1) is 6.92 Å². The minimum Gasteiger partial charge on any atom is -0.465 e. The fraction of sp³-hybridized carbons (Fsp3) is 0.438. The van der Waals surface area contributed by atoms with Gasteiger partial charge < -0.3 is 19.5 Å².